The van der Waals surface area contributed by atoms with Gasteiger partial charge >= 0.3 is 0 Å². The predicted molar refractivity (Wildman–Crippen MR) is 91.7 cm³/mol. The summed E-state index contributed by atoms with van der Waals surface area (Å²) in [6.45, 7) is 3.06. The van der Waals surface area contributed by atoms with Gasteiger partial charge in [-0.1, -0.05) is 11.6 Å². The van der Waals surface area contributed by atoms with Crippen LogP contribution in [0.4, 0.5) is 0 Å². The molecule has 1 aromatic rings. The Labute approximate surface area is 140 Å². The molecule has 0 amide bonds. The minimum absolute atomic E-state index is 0.110. The molecule has 1 saturated heterocycles. The summed E-state index contributed by atoms with van der Waals surface area (Å²) in [6.07, 6.45) is 1.75. The first-order chi connectivity index (χ1) is 10.6. The molecule has 5 nitrogen and oxygen atoms in total. The van der Waals surface area contributed by atoms with Gasteiger partial charge in [-0.3, -0.25) is 4.99 Å². The normalized spacial score (nSPS) is 18.3. The number of nitrogens with zero attached hydrogens (tertiary/aromatic N) is 2. The summed E-state index contributed by atoms with van der Waals surface area (Å²) in [4.78, 5) is 7.59. The van der Waals surface area contributed by atoms with Gasteiger partial charge in [0.05, 0.1) is 17.5 Å². The van der Waals surface area contributed by atoms with Gasteiger partial charge in [-0.05, 0) is 25.0 Å². The summed E-state index contributed by atoms with van der Waals surface area (Å²) >= 11 is 7.55. The van der Waals surface area contributed by atoms with Gasteiger partial charge in [0.1, 0.15) is 0 Å². The van der Waals surface area contributed by atoms with E-state index in [1.807, 2.05) is 19.2 Å². The molecular weight excluding hydrogens is 322 g/mol. The van der Waals surface area contributed by atoms with E-state index in [9.17, 15) is 5.11 Å². The number of thiophene rings is 1. The second-order valence-electron chi connectivity index (χ2n) is 5.73. The van der Waals surface area contributed by atoms with Crippen molar-refractivity contribution in [3.05, 3.63) is 21.3 Å². The fourth-order valence-electron chi connectivity index (χ4n) is 2.59. The second-order valence-corrected chi connectivity index (χ2v) is 7.53. The lowest BCUT2D eigenvalue weighted by Gasteiger charge is -2.36. The van der Waals surface area contributed by atoms with Crippen LogP contribution in [0.1, 0.15) is 17.7 Å². The molecular formula is C15H24ClN3O2S. The number of aliphatic hydroxyl groups excluding tert-OH is 1. The Hall–Kier alpha value is -0.820. The van der Waals surface area contributed by atoms with Crippen LogP contribution < -0.4 is 5.32 Å². The third-order valence-corrected chi connectivity index (χ3v) is 5.32. The number of hydrogen-bond acceptors (Lipinski definition) is 4. The molecule has 0 bridgehead atoms. The fourth-order valence-corrected chi connectivity index (χ4v) is 3.73. The van der Waals surface area contributed by atoms with E-state index in [1.54, 1.807) is 18.4 Å². The van der Waals surface area contributed by atoms with Crippen LogP contribution in [0.25, 0.3) is 0 Å². The number of ether oxygens (including phenoxy) is 1. The van der Waals surface area contributed by atoms with Crippen LogP contribution in [0.5, 0.6) is 0 Å². The Kier molecular flexibility index (Phi) is 6.50. The zero-order valence-electron chi connectivity index (χ0n) is 13.1. The van der Waals surface area contributed by atoms with Gasteiger partial charge in [0.2, 0.25) is 0 Å². The number of nitrogens with one attached hydrogen (secondary N) is 1. The van der Waals surface area contributed by atoms with Gasteiger partial charge in [0.25, 0.3) is 0 Å². The van der Waals surface area contributed by atoms with Crippen molar-refractivity contribution >= 4 is 28.9 Å². The highest BCUT2D eigenvalue weighted by molar-refractivity contribution is 7.16. The number of halogens is 1. The van der Waals surface area contributed by atoms with E-state index in [4.69, 9.17) is 16.3 Å². The van der Waals surface area contributed by atoms with E-state index in [1.165, 1.54) is 4.88 Å². The van der Waals surface area contributed by atoms with Gasteiger partial charge < -0.3 is 20.1 Å². The van der Waals surface area contributed by atoms with Crippen LogP contribution in [0.15, 0.2) is 17.1 Å². The van der Waals surface area contributed by atoms with Crippen molar-refractivity contribution in [3.63, 3.8) is 0 Å². The smallest absolute Gasteiger partial charge is 0.193 e. The topological polar surface area (TPSA) is 57.1 Å². The fraction of sp³-hybridized carbons (Fsp3) is 0.667. The molecule has 0 radical (unpaired) electrons. The van der Waals surface area contributed by atoms with E-state index in [0.717, 1.165) is 29.7 Å². The molecule has 0 aliphatic carbocycles. The standard InChI is InChI=1S/C15H24ClN3O2S/c1-17-14(19(2)9-12-3-4-13(16)22-12)18-10-15(11-20)5-7-21-8-6-15/h3-4,20H,5-11H2,1-2H3,(H,17,18). The molecule has 7 heteroatoms. The van der Waals surface area contributed by atoms with Crippen molar-refractivity contribution in [3.8, 4) is 0 Å². The zero-order valence-corrected chi connectivity index (χ0v) is 14.7. The van der Waals surface area contributed by atoms with Gasteiger partial charge in [0.15, 0.2) is 5.96 Å². The Morgan fingerprint density at radius 2 is 2.23 bits per heavy atom. The largest absolute Gasteiger partial charge is 0.396 e. The van der Waals surface area contributed by atoms with Crippen LogP contribution in [0.3, 0.4) is 0 Å². The van der Waals surface area contributed by atoms with E-state index in [0.29, 0.717) is 19.8 Å². The highest BCUT2D eigenvalue weighted by Crippen LogP contribution is 2.29. The predicted octanol–water partition coefficient (Wildman–Crippen LogP) is 2.20. The second kappa shape index (κ2) is 8.15. The Bertz CT molecular complexity index is 501. The Morgan fingerprint density at radius 3 is 2.77 bits per heavy atom. The van der Waals surface area contributed by atoms with Crippen LogP contribution in [0, 0.1) is 5.41 Å². The lowest BCUT2D eigenvalue weighted by Crippen LogP contribution is -2.47. The lowest BCUT2D eigenvalue weighted by molar-refractivity contribution is -0.0134. The van der Waals surface area contributed by atoms with Crippen molar-refractivity contribution in [2.75, 3.05) is 40.5 Å². The van der Waals surface area contributed by atoms with Crippen molar-refractivity contribution in [1.29, 1.82) is 0 Å². The number of aliphatic hydroxyl groups is 1. The third-order valence-electron chi connectivity index (χ3n) is 4.11. The van der Waals surface area contributed by atoms with Crippen LogP contribution in [0.2, 0.25) is 4.34 Å². The molecule has 2 rings (SSSR count). The molecule has 0 aromatic carbocycles. The van der Waals surface area contributed by atoms with Gasteiger partial charge in [-0.2, -0.15) is 0 Å². The van der Waals surface area contributed by atoms with E-state index in [-0.39, 0.29) is 12.0 Å². The van der Waals surface area contributed by atoms with Crippen molar-refractivity contribution in [2.24, 2.45) is 10.4 Å². The Morgan fingerprint density at radius 1 is 1.50 bits per heavy atom. The van der Waals surface area contributed by atoms with Crippen molar-refractivity contribution in [1.82, 2.24) is 10.2 Å². The maximum absolute atomic E-state index is 9.74. The van der Waals surface area contributed by atoms with Gasteiger partial charge in [-0.25, -0.2) is 0 Å². The lowest BCUT2D eigenvalue weighted by atomic mass is 9.81. The molecule has 2 N–H and O–H groups in total. The quantitative estimate of drug-likeness (QED) is 0.634. The average molecular weight is 346 g/mol. The zero-order chi connectivity index (χ0) is 16.0. The van der Waals surface area contributed by atoms with Crippen LogP contribution >= 0.6 is 22.9 Å². The van der Waals surface area contributed by atoms with Crippen LogP contribution in [-0.4, -0.2) is 56.4 Å². The highest BCUT2D eigenvalue weighted by atomic mass is 35.5. The van der Waals surface area contributed by atoms with Gasteiger partial charge in [0, 0.05) is 44.1 Å². The summed E-state index contributed by atoms with van der Waals surface area (Å²) in [5.41, 5.74) is -0.110. The molecule has 0 unspecified atom stereocenters. The summed E-state index contributed by atoms with van der Waals surface area (Å²) < 4.78 is 6.20. The van der Waals surface area contributed by atoms with Crippen molar-refractivity contribution < 1.29 is 9.84 Å². The summed E-state index contributed by atoms with van der Waals surface area (Å²) in [5, 5.41) is 13.1. The number of rotatable bonds is 5. The molecule has 0 atom stereocenters. The van der Waals surface area contributed by atoms with E-state index in [2.05, 4.69) is 15.2 Å². The number of guanidine groups is 1. The average Bonchev–Trinajstić information content (AvgIpc) is 2.94. The SMILES string of the molecule is CN=C(NCC1(CO)CCOCC1)N(C)Cc1ccc(Cl)s1. The number of aliphatic imine (C=N–C) groups is 1. The first-order valence-electron chi connectivity index (χ1n) is 7.43. The maximum atomic E-state index is 9.74. The summed E-state index contributed by atoms with van der Waals surface area (Å²) in [7, 11) is 3.77. The molecule has 0 spiro atoms. The third kappa shape index (κ3) is 4.59. The molecule has 1 aromatic heterocycles. The van der Waals surface area contributed by atoms with Crippen LogP contribution in [-0.2, 0) is 11.3 Å². The molecule has 1 aliphatic rings. The minimum atomic E-state index is -0.110. The molecule has 22 heavy (non-hydrogen) atoms. The number of hydrogen-bond donors (Lipinski definition) is 2. The van der Waals surface area contributed by atoms with Gasteiger partial charge in [-0.15, -0.1) is 11.3 Å². The minimum Gasteiger partial charge on any atom is -0.396 e. The van der Waals surface area contributed by atoms with Crippen molar-refractivity contribution in [2.45, 2.75) is 19.4 Å². The summed E-state index contributed by atoms with van der Waals surface area (Å²) in [5.74, 6) is 0.823. The summed E-state index contributed by atoms with van der Waals surface area (Å²) in [6, 6.07) is 3.94. The van der Waals surface area contributed by atoms with E-state index < -0.39 is 0 Å². The maximum Gasteiger partial charge on any atom is 0.193 e. The monoisotopic (exact) mass is 345 g/mol. The molecule has 0 saturated carbocycles. The molecule has 1 aliphatic heterocycles. The van der Waals surface area contributed by atoms with E-state index >= 15 is 0 Å². The Balaban J connectivity index is 1.91. The molecule has 1 fully saturated rings. The highest BCUT2D eigenvalue weighted by Gasteiger charge is 2.32. The molecule has 2 heterocycles. The molecule has 124 valence electrons. The first kappa shape index (κ1) is 17.5. The first-order valence-corrected chi connectivity index (χ1v) is 8.63.